The quantitative estimate of drug-likeness (QED) is 0.632. The first-order valence-corrected chi connectivity index (χ1v) is 8.07. The van der Waals surface area contributed by atoms with Gasteiger partial charge in [0.15, 0.2) is 0 Å². The predicted octanol–water partition coefficient (Wildman–Crippen LogP) is 3.81. The maximum absolute atomic E-state index is 12.8. The van der Waals surface area contributed by atoms with Gasteiger partial charge in [-0.2, -0.15) is 0 Å². The molecule has 0 atom stereocenters. The molecule has 0 rings (SSSR count). The molecule has 0 aliphatic rings. The molecule has 0 aromatic rings. The zero-order valence-corrected chi connectivity index (χ0v) is 13.0. The van der Waals surface area contributed by atoms with E-state index in [1.807, 2.05) is 20.8 Å². The highest BCUT2D eigenvalue weighted by Gasteiger charge is 2.49. The van der Waals surface area contributed by atoms with E-state index in [4.69, 9.17) is 8.85 Å². The molecule has 110 valence electrons. The third-order valence-corrected chi connectivity index (χ3v) is 8.15. The highest BCUT2D eigenvalue weighted by atomic mass is 28.4. The van der Waals surface area contributed by atoms with E-state index in [9.17, 15) is 13.2 Å². The molecule has 18 heavy (non-hydrogen) atoms. The Morgan fingerprint density at radius 2 is 1.28 bits per heavy atom. The molecule has 2 nitrogen and oxygen atoms in total. The van der Waals surface area contributed by atoms with E-state index < -0.39 is 34.0 Å². The van der Waals surface area contributed by atoms with Crippen LogP contribution in [0.4, 0.5) is 13.2 Å². The van der Waals surface area contributed by atoms with Gasteiger partial charge in [0.1, 0.15) is 20.0 Å². The lowest BCUT2D eigenvalue weighted by molar-refractivity contribution is 0.101. The van der Waals surface area contributed by atoms with Gasteiger partial charge in [0.2, 0.25) is 0 Å². The number of alkyl halides is 3. The van der Waals surface area contributed by atoms with Gasteiger partial charge in [0.25, 0.3) is 0 Å². The van der Waals surface area contributed by atoms with E-state index in [1.54, 1.807) is 14.2 Å². The third kappa shape index (κ3) is 3.71. The summed E-state index contributed by atoms with van der Waals surface area (Å²) in [4.78, 5) is 0. The fourth-order valence-electron chi connectivity index (χ4n) is 2.01. The Morgan fingerprint density at radius 3 is 1.50 bits per heavy atom. The average Bonchev–Trinajstić information content (AvgIpc) is 2.35. The maximum atomic E-state index is 12.8. The second kappa shape index (κ2) is 6.91. The van der Waals surface area contributed by atoms with Crippen LogP contribution < -0.4 is 0 Å². The Labute approximate surface area is 109 Å². The second-order valence-corrected chi connectivity index (χ2v) is 10.1. The fourth-order valence-corrected chi connectivity index (χ4v) is 5.42. The van der Waals surface area contributed by atoms with Crippen LogP contribution in [0.3, 0.4) is 0 Å². The van der Waals surface area contributed by atoms with Crippen molar-refractivity contribution < 1.29 is 22.0 Å². The highest BCUT2D eigenvalue weighted by molar-refractivity contribution is 6.70. The Balaban J connectivity index is 4.92. The summed E-state index contributed by atoms with van der Waals surface area (Å²) in [5.41, 5.74) is -1.53. The number of rotatable bonds is 8. The summed E-state index contributed by atoms with van der Waals surface area (Å²) in [6.07, 6.45) is 0.0989. The van der Waals surface area contributed by atoms with Crippen LogP contribution in [0.5, 0.6) is 0 Å². The Kier molecular flexibility index (Phi) is 6.88. The molecular weight excluding hydrogens is 261 g/mol. The van der Waals surface area contributed by atoms with Crippen LogP contribution in [0.1, 0.15) is 27.2 Å². The Hall–Kier alpha value is -0.0731. The largest absolute Gasteiger partial charge is 0.397 e. The van der Waals surface area contributed by atoms with Crippen LogP contribution >= 0.6 is 0 Å². The molecular formula is C12H25F3O2Si. The number of hydrogen-bond acceptors (Lipinski definition) is 2. The van der Waals surface area contributed by atoms with Crippen LogP contribution in [0, 0.1) is 5.41 Å². The summed E-state index contributed by atoms with van der Waals surface area (Å²) in [7, 11) is 0.486. The summed E-state index contributed by atoms with van der Waals surface area (Å²) in [6, 6.07) is 0.376. The lowest BCUT2D eigenvalue weighted by Gasteiger charge is -2.40. The van der Waals surface area contributed by atoms with Gasteiger partial charge >= 0.3 is 8.56 Å². The minimum Gasteiger partial charge on any atom is -0.397 e. The molecule has 0 spiro atoms. The van der Waals surface area contributed by atoms with Crippen molar-refractivity contribution in [3.05, 3.63) is 0 Å². The predicted molar refractivity (Wildman–Crippen MR) is 69.3 cm³/mol. The molecule has 0 unspecified atom stereocenters. The summed E-state index contributed by atoms with van der Waals surface area (Å²) in [5.74, 6) is 0. The van der Waals surface area contributed by atoms with E-state index in [0.29, 0.717) is 6.04 Å². The molecule has 0 aromatic heterocycles. The SMILES string of the molecule is CO[Si](CCC(CF)(CF)CF)(OC)C(C)(C)C. The van der Waals surface area contributed by atoms with E-state index in [0.717, 1.165) is 0 Å². The second-order valence-electron chi connectivity index (χ2n) is 5.81. The molecule has 0 radical (unpaired) electrons. The molecule has 0 saturated heterocycles. The third-order valence-electron chi connectivity index (χ3n) is 3.64. The van der Waals surface area contributed by atoms with Gasteiger partial charge in [-0.1, -0.05) is 20.8 Å². The van der Waals surface area contributed by atoms with E-state index in [1.165, 1.54) is 0 Å². The van der Waals surface area contributed by atoms with Gasteiger partial charge in [-0.25, -0.2) is 0 Å². The normalized spacial score (nSPS) is 14.0. The fraction of sp³-hybridized carbons (Fsp3) is 1.00. The lowest BCUT2D eigenvalue weighted by atomic mass is 9.90. The summed E-state index contributed by atoms with van der Waals surface area (Å²) >= 11 is 0. The Bertz CT molecular complexity index is 228. The number of hydrogen-bond donors (Lipinski definition) is 0. The topological polar surface area (TPSA) is 18.5 Å². The van der Waals surface area contributed by atoms with E-state index >= 15 is 0 Å². The van der Waals surface area contributed by atoms with Crippen molar-refractivity contribution in [2.24, 2.45) is 5.41 Å². The molecule has 0 aliphatic heterocycles. The number of halogens is 3. The zero-order valence-electron chi connectivity index (χ0n) is 12.0. The zero-order chi connectivity index (χ0) is 14.4. The van der Waals surface area contributed by atoms with E-state index in [-0.39, 0.29) is 11.5 Å². The lowest BCUT2D eigenvalue weighted by Crippen LogP contribution is -2.50. The Morgan fingerprint density at radius 1 is 0.889 bits per heavy atom. The molecule has 0 aromatic carbocycles. The minimum atomic E-state index is -2.60. The molecule has 6 heteroatoms. The first-order chi connectivity index (χ1) is 8.26. The van der Waals surface area contributed by atoms with Crippen LogP contribution in [0.15, 0.2) is 0 Å². The van der Waals surface area contributed by atoms with Crippen molar-refractivity contribution in [1.29, 1.82) is 0 Å². The van der Waals surface area contributed by atoms with Crippen LogP contribution in [0.2, 0.25) is 11.1 Å². The molecule has 0 amide bonds. The highest BCUT2D eigenvalue weighted by Crippen LogP contribution is 2.42. The van der Waals surface area contributed by atoms with Gasteiger partial charge in [-0.15, -0.1) is 0 Å². The first kappa shape index (κ1) is 17.9. The molecule has 0 N–H and O–H groups in total. The maximum Gasteiger partial charge on any atom is 0.343 e. The molecule has 0 bridgehead atoms. The minimum absolute atomic E-state index is 0.0989. The smallest absolute Gasteiger partial charge is 0.343 e. The summed E-state index contributed by atoms with van der Waals surface area (Å²) in [6.45, 7) is 2.91. The summed E-state index contributed by atoms with van der Waals surface area (Å²) < 4.78 is 49.6. The van der Waals surface area contributed by atoms with Crippen molar-refractivity contribution in [3.8, 4) is 0 Å². The molecule has 0 heterocycles. The van der Waals surface area contributed by atoms with Crippen LogP contribution in [0.25, 0.3) is 0 Å². The van der Waals surface area contributed by atoms with Crippen LogP contribution in [-0.4, -0.2) is 42.8 Å². The molecule has 0 fully saturated rings. The van der Waals surface area contributed by atoms with Gasteiger partial charge in [-0.3, -0.25) is 13.2 Å². The summed E-state index contributed by atoms with van der Waals surface area (Å²) in [5, 5.41) is -0.245. The van der Waals surface area contributed by atoms with Crippen molar-refractivity contribution in [2.45, 2.75) is 38.3 Å². The van der Waals surface area contributed by atoms with Crippen molar-refractivity contribution in [3.63, 3.8) is 0 Å². The van der Waals surface area contributed by atoms with Crippen molar-refractivity contribution in [2.75, 3.05) is 34.2 Å². The first-order valence-electron chi connectivity index (χ1n) is 6.04. The molecule has 0 saturated carbocycles. The molecule has 0 aliphatic carbocycles. The van der Waals surface area contributed by atoms with E-state index in [2.05, 4.69) is 0 Å². The van der Waals surface area contributed by atoms with Crippen molar-refractivity contribution in [1.82, 2.24) is 0 Å². The van der Waals surface area contributed by atoms with Gasteiger partial charge < -0.3 is 8.85 Å². The average molecular weight is 286 g/mol. The monoisotopic (exact) mass is 286 g/mol. The van der Waals surface area contributed by atoms with Crippen molar-refractivity contribution >= 4 is 8.56 Å². The van der Waals surface area contributed by atoms with Crippen LogP contribution in [-0.2, 0) is 8.85 Å². The van der Waals surface area contributed by atoms with Gasteiger partial charge in [0, 0.05) is 19.3 Å². The van der Waals surface area contributed by atoms with Gasteiger partial charge in [-0.05, 0) is 12.5 Å². The standard InChI is InChI=1S/C12H25F3O2Si/c1-11(2,3)18(16-4,17-5)7-6-12(8-13,9-14)10-15/h6-10H2,1-5H3. The van der Waals surface area contributed by atoms with Gasteiger partial charge in [0.05, 0.1) is 5.41 Å².